The number of halogens is 3. The van der Waals surface area contributed by atoms with Gasteiger partial charge in [-0.3, -0.25) is 0 Å². The van der Waals surface area contributed by atoms with E-state index in [1.54, 1.807) is 25.1 Å². The zero-order valence-electron chi connectivity index (χ0n) is 9.75. The van der Waals surface area contributed by atoms with Gasteiger partial charge in [0.2, 0.25) is 0 Å². The Balaban J connectivity index is 2.24. The molecule has 1 N–H and O–H groups in total. The van der Waals surface area contributed by atoms with E-state index in [2.05, 4.69) is 5.32 Å². The Morgan fingerprint density at radius 3 is 2.56 bits per heavy atom. The first-order chi connectivity index (χ1) is 8.58. The molecule has 2 rings (SSSR count). The average Bonchev–Trinajstić information content (AvgIpc) is 2.34. The van der Waals surface area contributed by atoms with Gasteiger partial charge in [0.15, 0.2) is 0 Å². The van der Waals surface area contributed by atoms with Gasteiger partial charge in [0.05, 0.1) is 16.8 Å². The Bertz CT molecular complexity index is 557. The monoisotopic (exact) mass is 267 g/mol. The first-order valence-corrected chi connectivity index (χ1v) is 5.91. The van der Waals surface area contributed by atoms with Gasteiger partial charge < -0.3 is 5.32 Å². The van der Waals surface area contributed by atoms with Gasteiger partial charge in [-0.1, -0.05) is 29.8 Å². The third kappa shape index (κ3) is 2.79. The molecular formula is C14H12ClF2N. The van der Waals surface area contributed by atoms with Crippen molar-refractivity contribution in [3.8, 4) is 0 Å². The van der Waals surface area contributed by atoms with E-state index in [0.717, 1.165) is 0 Å². The van der Waals surface area contributed by atoms with Crippen molar-refractivity contribution in [1.82, 2.24) is 0 Å². The van der Waals surface area contributed by atoms with Crippen LogP contribution in [0.2, 0.25) is 5.02 Å². The van der Waals surface area contributed by atoms with Gasteiger partial charge in [-0.25, -0.2) is 8.78 Å². The minimum Gasteiger partial charge on any atom is -0.377 e. The maximum absolute atomic E-state index is 13.6. The smallest absolute Gasteiger partial charge is 0.128 e. The molecule has 4 heteroatoms. The molecule has 0 saturated heterocycles. The highest BCUT2D eigenvalue weighted by molar-refractivity contribution is 6.33. The van der Waals surface area contributed by atoms with E-state index in [9.17, 15) is 8.78 Å². The lowest BCUT2D eigenvalue weighted by Crippen LogP contribution is -2.09. The van der Waals surface area contributed by atoms with Crippen LogP contribution in [0.1, 0.15) is 18.5 Å². The van der Waals surface area contributed by atoms with Crippen molar-refractivity contribution in [2.75, 3.05) is 5.32 Å². The van der Waals surface area contributed by atoms with Crippen LogP contribution in [0.4, 0.5) is 14.5 Å². The first-order valence-electron chi connectivity index (χ1n) is 5.54. The minimum atomic E-state index is -0.386. The second kappa shape index (κ2) is 5.36. The van der Waals surface area contributed by atoms with Crippen LogP contribution >= 0.6 is 11.6 Å². The first kappa shape index (κ1) is 12.8. The average molecular weight is 268 g/mol. The summed E-state index contributed by atoms with van der Waals surface area (Å²) in [5.41, 5.74) is 0.963. The van der Waals surface area contributed by atoms with E-state index in [1.807, 2.05) is 0 Å². The summed E-state index contributed by atoms with van der Waals surface area (Å²) in [4.78, 5) is 0. The summed E-state index contributed by atoms with van der Waals surface area (Å²) in [7, 11) is 0. The number of benzene rings is 2. The third-order valence-corrected chi connectivity index (χ3v) is 3.00. The highest BCUT2D eigenvalue weighted by atomic mass is 35.5. The number of hydrogen-bond donors (Lipinski definition) is 1. The number of rotatable bonds is 3. The van der Waals surface area contributed by atoms with E-state index < -0.39 is 0 Å². The highest BCUT2D eigenvalue weighted by Crippen LogP contribution is 2.27. The van der Waals surface area contributed by atoms with Crippen LogP contribution in [0, 0.1) is 11.6 Å². The SMILES string of the molecule is CC(Nc1cc(F)ccc1Cl)c1ccccc1F. The maximum Gasteiger partial charge on any atom is 0.128 e. The minimum absolute atomic E-state index is 0.300. The van der Waals surface area contributed by atoms with E-state index in [4.69, 9.17) is 11.6 Å². The fourth-order valence-corrected chi connectivity index (χ4v) is 1.92. The van der Waals surface area contributed by atoms with E-state index in [1.165, 1.54) is 24.3 Å². The van der Waals surface area contributed by atoms with Crippen molar-refractivity contribution < 1.29 is 8.78 Å². The number of nitrogens with one attached hydrogen (secondary N) is 1. The Morgan fingerprint density at radius 2 is 1.83 bits per heavy atom. The summed E-state index contributed by atoms with van der Waals surface area (Å²) in [5.74, 6) is -0.687. The summed E-state index contributed by atoms with van der Waals surface area (Å²) in [5, 5.41) is 3.40. The van der Waals surface area contributed by atoms with Crippen molar-refractivity contribution in [2.24, 2.45) is 0 Å². The van der Waals surface area contributed by atoms with E-state index >= 15 is 0 Å². The molecule has 0 aliphatic carbocycles. The Labute approximate surface area is 109 Å². The molecule has 18 heavy (non-hydrogen) atoms. The van der Waals surface area contributed by atoms with Crippen molar-refractivity contribution in [3.05, 3.63) is 64.7 Å². The molecule has 0 aliphatic heterocycles. The third-order valence-electron chi connectivity index (χ3n) is 2.67. The van der Waals surface area contributed by atoms with Gasteiger partial charge in [-0.15, -0.1) is 0 Å². The molecule has 0 aromatic heterocycles. The van der Waals surface area contributed by atoms with Gasteiger partial charge in [0.25, 0.3) is 0 Å². The summed E-state index contributed by atoms with van der Waals surface area (Å²) < 4.78 is 26.7. The van der Waals surface area contributed by atoms with Crippen molar-refractivity contribution in [3.63, 3.8) is 0 Å². The molecular weight excluding hydrogens is 256 g/mol. The molecule has 1 unspecified atom stereocenters. The van der Waals surface area contributed by atoms with Crippen LogP contribution in [0.15, 0.2) is 42.5 Å². The number of anilines is 1. The molecule has 0 radical (unpaired) electrons. The highest BCUT2D eigenvalue weighted by Gasteiger charge is 2.11. The van der Waals surface area contributed by atoms with Gasteiger partial charge in [0.1, 0.15) is 11.6 Å². The van der Waals surface area contributed by atoms with Crippen molar-refractivity contribution >= 4 is 17.3 Å². The zero-order chi connectivity index (χ0) is 13.1. The largest absolute Gasteiger partial charge is 0.377 e. The fraction of sp³-hybridized carbons (Fsp3) is 0.143. The second-order valence-corrected chi connectivity index (χ2v) is 4.42. The summed E-state index contributed by atoms with van der Waals surface area (Å²) in [6.45, 7) is 1.79. The second-order valence-electron chi connectivity index (χ2n) is 4.01. The molecule has 2 aromatic rings. The molecule has 0 fully saturated rings. The summed E-state index contributed by atoms with van der Waals surface area (Å²) in [6.07, 6.45) is 0. The van der Waals surface area contributed by atoms with Crippen molar-refractivity contribution in [1.29, 1.82) is 0 Å². The van der Waals surface area contributed by atoms with Crippen LogP contribution in [-0.2, 0) is 0 Å². The summed E-state index contributed by atoms with van der Waals surface area (Å²) >= 11 is 5.94. The Kier molecular flexibility index (Phi) is 3.82. The van der Waals surface area contributed by atoms with Crippen LogP contribution in [0.25, 0.3) is 0 Å². The molecule has 0 aliphatic rings. The van der Waals surface area contributed by atoms with Crippen LogP contribution in [0.3, 0.4) is 0 Å². The van der Waals surface area contributed by atoms with Crippen LogP contribution < -0.4 is 5.32 Å². The molecule has 1 atom stereocenters. The van der Waals surface area contributed by atoms with Crippen LogP contribution in [-0.4, -0.2) is 0 Å². The predicted molar refractivity (Wildman–Crippen MR) is 69.8 cm³/mol. The standard InChI is InChI=1S/C14H12ClF2N/c1-9(11-4-2-3-5-13(11)17)18-14-8-10(16)6-7-12(14)15/h2-9,18H,1H3. The molecule has 94 valence electrons. The molecule has 0 bridgehead atoms. The fourth-order valence-electron chi connectivity index (χ4n) is 1.75. The van der Waals surface area contributed by atoms with E-state index in [-0.39, 0.29) is 17.7 Å². The Morgan fingerprint density at radius 1 is 1.11 bits per heavy atom. The zero-order valence-corrected chi connectivity index (χ0v) is 10.5. The molecule has 0 saturated carbocycles. The summed E-state index contributed by atoms with van der Waals surface area (Å²) in [6, 6.07) is 10.2. The van der Waals surface area contributed by atoms with Gasteiger partial charge >= 0.3 is 0 Å². The van der Waals surface area contributed by atoms with Gasteiger partial charge in [0, 0.05) is 5.56 Å². The predicted octanol–water partition coefficient (Wildman–Crippen LogP) is 4.79. The lowest BCUT2D eigenvalue weighted by atomic mass is 10.1. The topological polar surface area (TPSA) is 12.0 Å². The molecule has 2 aromatic carbocycles. The molecule has 0 heterocycles. The Hall–Kier alpha value is -1.61. The van der Waals surface area contributed by atoms with Crippen LogP contribution in [0.5, 0.6) is 0 Å². The molecule has 0 spiro atoms. The quantitative estimate of drug-likeness (QED) is 0.843. The molecule has 0 amide bonds. The normalized spacial score (nSPS) is 12.2. The maximum atomic E-state index is 13.6. The number of hydrogen-bond acceptors (Lipinski definition) is 1. The lowest BCUT2D eigenvalue weighted by Gasteiger charge is -2.17. The lowest BCUT2D eigenvalue weighted by molar-refractivity contribution is 0.600. The van der Waals surface area contributed by atoms with Gasteiger partial charge in [-0.05, 0) is 31.2 Å². The van der Waals surface area contributed by atoms with E-state index in [0.29, 0.717) is 16.3 Å². The van der Waals surface area contributed by atoms with Gasteiger partial charge in [-0.2, -0.15) is 0 Å². The molecule has 1 nitrogen and oxygen atoms in total. The van der Waals surface area contributed by atoms with Crippen molar-refractivity contribution in [2.45, 2.75) is 13.0 Å².